The summed E-state index contributed by atoms with van der Waals surface area (Å²) in [6.45, 7) is 2.23. The van der Waals surface area contributed by atoms with Gasteiger partial charge in [-0.1, -0.05) is 26.2 Å². The molecular weight excluding hydrogens is 238 g/mol. The minimum Gasteiger partial charge on any atom is -0.349 e. The molecule has 1 aliphatic carbocycles. The molecule has 0 spiro atoms. The van der Waals surface area contributed by atoms with Crippen LogP contribution in [-0.2, 0) is 0 Å². The van der Waals surface area contributed by atoms with E-state index in [0.717, 1.165) is 12.1 Å². The Kier molecular flexibility index (Phi) is 4.80. The van der Waals surface area contributed by atoms with Gasteiger partial charge in [0.05, 0.1) is 0 Å². The van der Waals surface area contributed by atoms with Gasteiger partial charge in [-0.2, -0.15) is 0 Å². The summed E-state index contributed by atoms with van der Waals surface area (Å²) in [6.07, 6.45) is 6.08. The van der Waals surface area contributed by atoms with Crippen LogP contribution in [0.2, 0.25) is 0 Å². The highest BCUT2D eigenvalue weighted by Gasteiger charge is 2.21. The SMILES string of the molecule is CC1CCCCCC1NC(=O)c1ccc(NN)cc1. The molecule has 0 bridgehead atoms. The molecule has 0 aromatic heterocycles. The number of rotatable bonds is 3. The number of anilines is 1. The van der Waals surface area contributed by atoms with Crippen molar-refractivity contribution in [3.8, 4) is 0 Å². The number of nitrogen functional groups attached to an aromatic ring is 1. The van der Waals surface area contributed by atoms with Crippen LogP contribution in [-0.4, -0.2) is 11.9 Å². The molecule has 4 N–H and O–H groups in total. The molecule has 1 aromatic carbocycles. The third kappa shape index (κ3) is 3.70. The number of hydrogen-bond donors (Lipinski definition) is 3. The van der Waals surface area contributed by atoms with Crippen LogP contribution < -0.4 is 16.6 Å². The average molecular weight is 261 g/mol. The summed E-state index contributed by atoms with van der Waals surface area (Å²) in [6, 6.07) is 7.52. The summed E-state index contributed by atoms with van der Waals surface area (Å²) in [5, 5.41) is 3.17. The zero-order valence-electron chi connectivity index (χ0n) is 11.5. The molecule has 1 fully saturated rings. The standard InChI is InChI=1S/C15H23N3O/c1-11-5-3-2-4-6-14(11)17-15(19)12-7-9-13(18-16)10-8-12/h7-11,14,18H,2-6,16H2,1H3,(H,17,19). The molecule has 1 aliphatic rings. The smallest absolute Gasteiger partial charge is 0.251 e. The fourth-order valence-corrected chi connectivity index (χ4v) is 2.68. The summed E-state index contributed by atoms with van der Waals surface area (Å²) in [5.74, 6) is 5.89. The number of carbonyl (C=O) groups is 1. The predicted molar refractivity (Wildman–Crippen MR) is 77.8 cm³/mol. The van der Waals surface area contributed by atoms with Gasteiger partial charge >= 0.3 is 0 Å². The largest absolute Gasteiger partial charge is 0.349 e. The van der Waals surface area contributed by atoms with Crippen molar-refractivity contribution in [1.29, 1.82) is 0 Å². The van der Waals surface area contributed by atoms with Gasteiger partial charge in [-0.05, 0) is 43.0 Å². The molecule has 1 saturated carbocycles. The van der Waals surface area contributed by atoms with Gasteiger partial charge in [0.25, 0.3) is 5.91 Å². The Morgan fingerprint density at radius 3 is 2.53 bits per heavy atom. The Bertz CT molecular complexity index is 416. The predicted octanol–water partition coefficient (Wildman–Crippen LogP) is 2.67. The number of amides is 1. The Balaban J connectivity index is 1.98. The summed E-state index contributed by atoms with van der Waals surface area (Å²) in [7, 11) is 0. The Morgan fingerprint density at radius 1 is 1.16 bits per heavy atom. The number of carbonyl (C=O) groups excluding carboxylic acids is 1. The Morgan fingerprint density at radius 2 is 1.84 bits per heavy atom. The summed E-state index contributed by atoms with van der Waals surface area (Å²) in [5.41, 5.74) is 4.05. The number of nitrogens with one attached hydrogen (secondary N) is 2. The molecule has 1 amide bonds. The van der Waals surface area contributed by atoms with Crippen molar-refractivity contribution in [3.05, 3.63) is 29.8 Å². The third-order valence-corrected chi connectivity index (χ3v) is 3.99. The topological polar surface area (TPSA) is 67.2 Å². The summed E-state index contributed by atoms with van der Waals surface area (Å²) < 4.78 is 0. The van der Waals surface area contributed by atoms with E-state index in [1.165, 1.54) is 25.7 Å². The lowest BCUT2D eigenvalue weighted by Gasteiger charge is -2.22. The highest BCUT2D eigenvalue weighted by atomic mass is 16.1. The molecule has 2 unspecified atom stereocenters. The molecule has 104 valence electrons. The second-order valence-electron chi connectivity index (χ2n) is 5.42. The van der Waals surface area contributed by atoms with Crippen LogP contribution >= 0.6 is 0 Å². The van der Waals surface area contributed by atoms with Crippen LogP contribution in [0.5, 0.6) is 0 Å². The maximum Gasteiger partial charge on any atom is 0.251 e. The van der Waals surface area contributed by atoms with Crippen molar-refractivity contribution in [2.24, 2.45) is 11.8 Å². The van der Waals surface area contributed by atoms with E-state index >= 15 is 0 Å². The second-order valence-corrected chi connectivity index (χ2v) is 5.42. The fraction of sp³-hybridized carbons (Fsp3) is 0.533. The van der Waals surface area contributed by atoms with Gasteiger partial charge in [-0.15, -0.1) is 0 Å². The number of benzene rings is 1. The monoisotopic (exact) mass is 261 g/mol. The normalized spacial score (nSPS) is 23.5. The van der Waals surface area contributed by atoms with Gasteiger partial charge in [0.2, 0.25) is 0 Å². The molecule has 19 heavy (non-hydrogen) atoms. The van der Waals surface area contributed by atoms with Crippen molar-refractivity contribution in [2.45, 2.75) is 45.1 Å². The second kappa shape index (κ2) is 6.57. The maximum atomic E-state index is 12.2. The van der Waals surface area contributed by atoms with Crippen LogP contribution in [0.25, 0.3) is 0 Å². The highest BCUT2D eigenvalue weighted by molar-refractivity contribution is 5.94. The van der Waals surface area contributed by atoms with Crippen LogP contribution in [0.15, 0.2) is 24.3 Å². The van der Waals surface area contributed by atoms with E-state index in [1.54, 1.807) is 12.1 Å². The lowest BCUT2D eigenvalue weighted by molar-refractivity contribution is 0.0921. The first-order chi connectivity index (χ1) is 9.20. The average Bonchev–Trinajstić information content (AvgIpc) is 2.64. The molecule has 0 saturated heterocycles. The zero-order chi connectivity index (χ0) is 13.7. The van der Waals surface area contributed by atoms with Crippen molar-refractivity contribution < 1.29 is 4.79 Å². The lowest BCUT2D eigenvalue weighted by atomic mass is 9.96. The fourth-order valence-electron chi connectivity index (χ4n) is 2.68. The van der Waals surface area contributed by atoms with Gasteiger partial charge < -0.3 is 10.7 Å². The van der Waals surface area contributed by atoms with Crippen molar-refractivity contribution in [3.63, 3.8) is 0 Å². The Labute approximate surface area is 114 Å². The van der Waals surface area contributed by atoms with E-state index in [1.807, 2.05) is 12.1 Å². The van der Waals surface area contributed by atoms with Crippen LogP contribution in [0, 0.1) is 5.92 Å². The maximum absolute atomic E-state index is 12.2. The molecule has 0 radical (unpaired) electrons. The first-order valence-corrected chi connectivity index (χ1v) is 7.08. The molecule has 2 atom stereocenters. The van der Waals surface area contributed by atoms with E-state index in [9.17, 15) is 4.79 Å². The minimum absolute atomic E-state index is 0.0160. The van der Waals surface area contributed by atoms with Crippen LogP contribution in [0.1, 0.15) is 49.4 Å². The van der Waals surface area contributed by atoms with E-state index in [4.69, 9.17) is 5.84 Å². The van der Waals surface area contributed by atoms with Gasteiger partial charge in [-0.3, -0.25) is 10.6 Å². The number of nitrogens with two attached hydrogens (primary N) is 1. The number of hydrazine groups is 1. The molecule has 4 heteroatoms. The van der Waals surface area contributed by atoms with E-state index in [2.05, 4.69) is 17.7 Å². The summed E-state index contributed by atoms with van der Waals surface area (Å²) >= 11 is 0. The zero-order valence-corrected chi connectivity index (χ0v) is 11.5. The van der Waals surface area contributed by atoms with Crippen LogP contribution in [0.3, 0.4) is 0 Å². The lowest BCUT2D eigenvalue weighted by Crippen LogP contribution is -2.38. The highest BCUT2D eigenvalue weighted by Crippen LogP contribution is 2.23. The number of hydrogen-bond acceptors (Lipinski definition) is 3. The van der Waals surface area contributed by atoms with Crippen molar-refractivity contribution in [2.75, 3.05) is 5.43 Å². The molecular formula is C15H23N3O. The van der Waals surface area contributed by atoms with Crippen molar-refractivity contribution >= 4 is 11.6 Å². The molecule has 1 aromatic rings. The van der Waals surface area contributed by atoms with Crippen molar-refractivity contribution in [1.82, 2.24) is 5.32 Å². The van der Waals surface area contributed by atoms with Gasteiger partial charge in [-0.25, -0.2) is 0 Å². The van der Waals surface area contributed by atoms with Gasteiger partial charge in [0, 0.05) is 17.3 Å². The van der Waals surface area contributed by atoms with E-state index < -0.39 is 0 Å². The Hall–Kier alpha value is -1.55. The molecule has 0 aliphatic heterocycles. The first kappa shape index (κ1) is 13.9. The quantitative estimate of drug-likeness (QED) is 0.445. The molecule has 0 heterocycles. The van der Waals surface area contributed by atoms with E-state index in [-0.39, 0.29) is 5.91 Å². The summed E-state index contributed by atoms with van der Waals surface area (Å²) in [4.78, 5) is 12.2. The minimum atomic E-state index is 0.0160. The van der Waals surface area contributed by atoms with Gasteiger partial charge in [0.15, 0.2) is 0 Å². The van der Waals surface area contributed by atoms with Crippen LogP contribution in [0.4, 0.5) is 5.69 Å². The molecule has 2 rings (SSSR count). The first-order valence-electron chi connectivity index (χ1n) is 7.08. The van der Waals surface area contributed by atoms with Gasteiger partial charge in [0.1, 0.15) is 0 Å². The third-order valence-electron chi connectivity index (χ3n) is 3.99. The van der Waals surface area contributed by atoms with E-state index in [0.29, 0.717) is 17.5 Å². The molecule has 4 nitrogen and oxygen atoms in total.